The molecule has 0 unspecified atom stereocenters. The van der Waals surface area contributed by atoms with Crippen LogP contribution in [0.2, 0.25) is 0 Å². The lowest BCUT2D eigenvalue weighted by Gasteiger charge is -2.13. The van der Waals surface area contributed by atoms with E-state index in [1.54, 1.807) is 40.7 Å². The van der Waals surface area contributed by atoms with Gasteiger partial charge >= 0.3 is 5.97 Å². The van der Waals surface area contributed by atoms with Crippen LogP contribution in [-0.2, 0) is 24.4 Å². The summed E-state index contributed by atoms with van der Waals surface area (Å²) in [5.74, 6) is -2.05. The Kier molecular flexibility index (Phi) is 11.0. The highest BCUT2D eigenvalue weighted by Gasteiger charge is 2.24. The Hall–Kier alpha value is -6.98. The lowest BCUT2D eigenvalue weighted by Crippen LogP contribution is -2.24. The summed E-state index contributed by atoms with van der Waals surface area (Å²) >= 11 is 0. The molecule has 3 amide bonds. The molecule has 0 radical (unpaired) electrons. The minimum absolute atomic E-state index is 0.0502. The number of nitrogens with one attached hydrogen (secondary N) is 2. The summed E-state index contributed by atoms with van der Waals surface area (Å²) in [6, 6.07) is 7.53. The van der Waals surface area contributed by atoms with E-state index in [0.29, 0.717) is 64.4 Å². The largest absolute Gasteiger partial charge is 0.491 e. The van der Waals surface area contributed by atoms with Crippen molar-refractivity contribution in [1.82, 2.24) is 28.9 Å². The summed E-state index contributed by atoms with van der Waals surface area (Å²) in [6.07, 6.45) is 5.42. The number of ether oxygens (including phenoxy) is 2. The molecular weight excluding hydrogens is 710 g/mol. The molecule has 4 heterocycles. The van der Waals surface area contributed by atoms with Gasteiger partial charge in [-0.05, 0) is 64.1 Å². The second kappa shape index (κ2) is 15.9. The fraction of sp³-hybridized carbons (Fsp3) is 0.297. The summed E-state index contributed by atoms with van der Waals surface area (Å²) in [5, 5.41) is 20.0. The molecule has 0 saturated carbocycles. The highest BCUT2D eigenvalue weighted by Crippen LogP contribution is 2.33. The number of nitrogens with zero attached hydrogens (tertiary/aromatic N) is 7. The predicted molar refractivity (Wildman–Crippen MR) is 205 cm³/mol. The van der Waals surface area contributed by atoms with Gasteiger partial charge in [-0.25, -0.2) is 14.8 Å². The molecule has 6 rings (SSSR count). The highest BCUT2D eigenvalue weighted by atomic mass is 16.5. The predicted octanol–water partition coefficient (Wildman–Crippen LogP) is 3.64. The van der Waals surface area contributed by atoms with Crippen molar-refractivity contribution in [3.8, 4) is 11.5 Å². The Morgan fingerprint density at radius 1 is 0.891 bits per heavy atom. The van der Waals surface area contributed by atoms with Crippen molar-refractivity contribution in [2.75, 3.05) is 30.4 Å². The number of hydrogen-bond acceptors (Lipinski definition) is 11. The van der Waals surface area contributed by atoms with Crippen LogP contribution in [0.4, 0.5) is 11.9 Å². The van der Waals surface area contributed by atoms with E-state index in [1.165, 1.54) is 30.3 Å². The van der Waals surface area contributed by atoms with Gasteiger partial charge in [0.15, 0.2) is 0 Å². The van der Waals surface area contributed by atoms with Gasteiger partial charge in [-0.1, -0.05) is 12.2 Å². The van der Waals surface area contributed by atoms with Crippen LogP contribution < -0.4 is 31.6 Å². The van der Waals surface area contributed by atoms with Crippen LogP contribution in [-0.4, -0.2) is 83.2 Å². The average Bonchev–Trinajstić information content (AvgIpc) is 3.80. The van der Waals surface area contributed by atoms with Crippen LogP contribution in [0.3, 0.4) is 0 Å². The molecule has 18 nitrogen and oxygen atoms in total. The van der Waals surface area contributed by atoms with Crippen LogP contribution in [0.1, 0.15) is 64.1 Å². The summed E-state index contributed by atoms with van der Waals surface area (Å²) in [7, 11) is 0. The SMILES string of the molecule is CCN=C(C=C(C)N)C(=O)Nc1nc2cc(C(N)=O)cc3c2n1C/C=C/Cn1c(NC(=O)c2cc(C)nn2CC)nc2cc(C(=O)O)cc(c21)OCCCO3. The first-order chi connectivity index (χ1) is 26.4. The van der Waals surface area contributed by atoms with Crippen LogP contribution in [0.5, 0.6) is 11.5 Å². The van der Waals surface area contributed by atoms with Crippen molar-refractivity contribution >= 4 is 63.4 Å². The molecular formula is C37H41N11O7. The molecule has 1 aliphatic heterocycles. The molecule has 0 aliphatic carbocycles. The number of aromatic nitrogens is 6. The van der Waals surface area contributed by atoms with E-state index in [4.69, 9.17) is 20.9 Å². The maximum Gasteiger partial charge on any atom is 0.335 e. The number of rotatable bonds is 9. The Morgan fingerprint density at radius 2 is 1.47 bits per heavy atom. The standard InChI is InChI=1S/C37H41N11O7/c1-5-40-26(14-20(3)38)33(50)43-36-41-24-16-22(32(39)49)18-28-30(24)46(36)10-7-8-11-47-31-25(17-23(35(52)53)19-29(31)55-13-9-12-54-28)42-37(47)44-34(51)27-15-21(4)45-48(27)6-2/h7-8,14-19H,5-6,9-13,38H2,1-4H3,(H2,39,49)(H,52,53)(H,41,43,50)(H,42,44,51)/b8-7+,20-14?,40-26?. The molecule has 55 heavy (non-hydrogen) atoms. The molecule has 0 atom stereocenters. The smallest absolute Gasteiger partial charge is 0.335 e. The molecule has 1 aliphatic rings. The Bertz CT molecular complexity index is 2430. The monoisotopic (exact) mass is 751 g/mol. The molecule has 18 heteroatoms. The fourth-order valence-electron chi connectivity index (χ4n) is 6.14. The van der Waals surface area contributed by atoms with E-state index < -0.39 is 23.7 Å². The highest BCUT2D eigenvalue weighted by molar-refractivity contribution is 6.47. The quantitative estimate of drug-likeness (QED) is 0.107. The van der Waals surface area contributed by atoms with Crippen molar-refractivity contribution in [2.45, 2.75) is 53.8 Å². The van der Waals surface area contributed by atoms with E-state index in [0.717, 1.165) is 0 Å². The number of allylic oxidation sites excluding steroid dienone is 3. The summed E-state index contributed by atoms with van der Waals surface area (Å²) in [6.45, 7) is 8.41. The molecule has 0 bridgehead atoms. The second-order valence-electron chi connectivity index (χ2n) is 12.6. The number of benzene rings is 2. The van der Waals surface area contributed by atoms with Crippen LogP contribution >= 0.6 is 0 Å². The number of primary amides is 1. The number of imidazole rings is 2. The zero-order valence-corrected chi connectivity index (χ0v) is 30.8. The van der Waals surface area contributed by atoms with Crippen molar-refractivity contribution in [1.29, 1.82) is 0 Å². The zero-order chi connectivity index (χ0) is 39.4. The third-order valence-corrected chi connectivity index (χ3v) is 8.50. The van der Waals surface area contributed by atoms with Gasteiger partial charge in [0.25, 0.3) is 11.8 Å². The van der Waals surface area contributed by atoms with Gasteiger partial charge in [-0.2, -0.15) is 5.10 Å². The number of carbonyl (C=O) groups is 4. The summed E-state index contributed by atoms with van der Waals surface area (Å²) < 4.78 is 17.4. The van der Waals surface area contributed by atoms with Crippen LogP contribution in [0.25, 0.3) is 22.1 Å². The molecule has 0 fully saturated rings. The van der Waals surface area contributed by atoms with Gasteiger partial charge in [0.2, 0.25) is 17.8 Å². The number of anilines is 2. The number of aryl methyl sites for hydroxylation is 2. The summed E-state index contributed by atoms with van der Waals surface area (Å²) in [5.41, 5.74) is 14.7. The number of aliphatic imine (C=N–C) groups is 1. The second-order valence-corrected chi connectivity index (χ2v) is 12.6. The Morgan fingerprint density at radius 3 is 2.02 bits per heavy atom. The number of aromatic carboxylic acids is 1. The van der Waals surface area contributed by atoms with Crippen LogP contribution in [0, 0.1) is 6.92 Å². The topological polar surface area (TPSA) is 249 Å². The minimum Gasteiger partial charge on any atom is -0.491 e. The van der Waals surface area contributed by atoms with Gasteiger partial charge in [0.1, 0.15) is 33.9 Å². The van der Waals surface area contributed by atoms with Crippen LogP contribution in [0.15, 0.2) is 59.2 Å². The van der Waals surface area contributed by atoms with E-state index in [9.17, 15) is 24.3 Å². The maximum atomic E-state index is 13.6. The van der Waals surface area contributed by atoms with Gasteiger partial charge in [0.05, 0.1) is 35.5 Å². The molecule has 3 aromatic heterocycles. The molecule has 0 spiro atoms. The van der Waals surface area contributed by atoms with Gasteiger partial charge in [-0.15, -0.1) is 0 Å². The molecule has 5 aromatic rings. The first-order valence-corrected chi connectivity index (χ1v) is 17.6. The lowest BCUT2D eigenvalue weighted by atomic mass is 10.1. The Balaban J connectivity index is 1.46. The molecule has 7 N–H and O–H groups in total. The average molecular weight is 752 g/mol. The van der Waals surface area contributed by atoms with Crippen molar-refractivity contribution in [2.24, 2.45) is 16.5 Å². The van der Waals surface area contributed by atoms with Crippen molar-refractivity contribution in [3.63, 3.8) is 0 Å². The molecule has 2 aromatic carbocycles. The lowest BCUT2D eigenvalue weighted by molar-refractivity contribution is -0.110. The molecule has 286 valence electrons. The third kappa shape index (κ3) is 8.02. The number of carboxylic acid groups (broad SMARTS) is 1. The van der Waals surface area contributed by atoms with E-state index in [1.807, 2.05) is 19.1 Å². The number of carbonyl (C=O) groups excluding carboxylic acids is 3. The maximum absolute atomic E-state index is 13.6. The first kappa shape index (κ1) is 37.8. The van der Waals surface area contributed by atoms with Gasteiger partial charge in [0, 0.05) is 43.9 Å². The van der Waals surface area contributed by atoms with Crippen molar-refractivity contribution < 1.29 is 33.8 Å². The first-order valence-electron chi connectivity index (χ1n) is 17.6. The van der Waals surface area contributed by atoms with E-state index in [-0.39, 0.29) is 60.8 Å². The van der Waals surface area contributed by atoms with Gasteiger partial charge in [-0.3, -0.25) is 34.7 Å². The normalized spacial score (nSPS) is 14.4. The number of hydrogen-bond donors (Lipinski definition) is 5. The number of carboxylic acids is 1. The zero-order valence-electron chi connectivity index (χ0n) is 30.8. The molecule has 0 saturated heterocycles. The van der Waals surface area contributed by atoms with Crippen molar-refractivity contribution in [3.05, 3.63) is 76.8 Å². The van der Waals surface area contributed by atoms with E-state index in [2.05, 4.69) is 30.7 Å². The number of nitrogens with two attached hydrogens (primary N) is 2. The van der Waals surface area contributed by atoms with E-state index >= 15 is 0 Å². The Labute approximate surface area is 314 Å². The fourth-order valence-corrected chi connectivity index (χ4v) is 6.14. The third-order valence-electron chi connectivity index (χ3n) is 8.50. The van der Waals surface area contributed by atoms with Gasteiger partial charge < -0.3 is 35.2 Å². The minimum atomic E-state index is -1.18. The number of amides is 3. The summed E-state index contributed by atoms with van der Waals surface area (Å²) in [4.78, 5) is 65.1.